The number of hydrogen-bond acceptors (Lipinski definition) is 3. The van der Waals surface area contributed by atoms with Crippen LogP contribution < -0.4 is 10.1 Å². The first kappa shape index (κ1) is 16.3. The van der Waals surface area contributed by atoms with E-state index in [1.165, 1.54) is 0 Å². The van der Waals surface area contributed by atoms with Gasteiger partial charge < -0.3 is 14.8 Å². The zero-order chi connectivity index (χ0) is 14.3. The van der Waals surface area contributed by atoms with Crippen LogP contribution in [-0.4, -0.2) is 25.4 Å². The Kier molecular flexibility index (Phi) is 7.21. The van der Waals surface area contributed by atoms with Crippen molar-refractivity contribution in [3.05, 3.63) is 28.8 Å². The van der Waals surface area contributed by atoms with Gasteiger partial charge in [0.25, 0.3) is 0 Å². The molecule has 0 aliphatic rings. The number of benzene rings is 1. The van der Waals surface area contributed by atoms with Crippen LogP contribution in [0.5, 0.6) is 5.75 Å². The molecule has 0 radical (unpaired) electrons. The second-order valence-corrected chi connectivity index (χ2v) is 5.44. The summed E-state index contributed by atoms with van der Waals surface area (Å²) < 4.78 is 11.2. The summed E-state index contributed by atoms with van der Waals surface area (Å²) in [6.45, 7) is 10.1. The van der Waals surface area contributed by atoms with Crippen molar-refractivity contribution in [3.63, 3.8) is 0 Å². The summed E-state index contributed by atoms with van der Waals surface area (Å²) in [5.74, 6) is 0.754. The van der Waals surface area contributed by atoms with E-state index in [9.17, 15) is 0 Å². The average molecular weight is 286 g/mol. The Morgan fingerprint density at radius 2 is 1.89 bits per heavy atom. The molecule has 0 bridgehead atoms. The predicted molar refractivity (Wildman–Crippen MR) is 80.0 cm³/mol. The molecular weight excluding hydrogens is 262 g/mol. The minimum atomic E-state index is 0.219. The Morgan fingerprint density at radius 1 is 1.16 bits per heavy atom. The normalized spacial score (nSPS) is 11.3. The molecule has 0 heterocycles. The molecule has 108 valence electrons. The van der Waals surface area contributed by atoms with E-state index in [1.807, 2.05) is 32.0 Å². The minimum absolute atomic E-state index is 0.219. The zero-order valence-corrected chi connectivity index (χ0v) is 13.0. The van der Waals surface area contributed by atoms with E-state index in [-0.39, 0.29) is 6.10 Å². The maximum atomic E-state index is 6.19. The molecule has 1 aromatic carbocycles. The van der Waals surface area contributed by atoms with Gasteiger partial charge in [-0.05, 0) is 19.9 Å². The van der Waals surface area contributed by atoms with Crippen LogP contribution in [0.3, 0.4) is 0 Å². The number of para-hydroxylation sites is 1. The Balaban J connectivity index is 2.58. The Bertz CT molecular complexity index is 380. The van der Waals surface area contributed by atoms with Crippen molar-refractivity contribution in [2.45, 2.75) is 46.4 Å². The fourth-order valence-electron chi connectivity index (χ4n) is 1.60. The van der Waals surface area contributed by atoms with E-state index >= 15 is 0 Å². The van der Waals surface area contributed by atoms with Gasteiger partial charge in [0.15, 0.2) is 0 Å². The minimum Gasteiger partial charge on any atom is -0.489 e. The van der Waals surface area contributed by atoms with Gasteiger partial charge in [0.2, 0.25) is 0 Å². The SMILES string of the molecule is CC(C)NCc1cccc(Cl)c1OCCOC(C)C. The molecule has 0 saturated heterocycles. The molecule has 0 aliphatic carbocycles. The maximum Gasteiger partial charge on any atom is 0.142 e. The van der Waals surface area contributed by atoms with Crippen molar-refractivity contribution in [2.24, 2.45) is 0 Å². The summed E-state index contributed by atoms with van der Waals surface area (Å²) >= 11 is 6.19. The van der Waals surface area contributed by atoms with E-state index in [2.05, 4.69) is 19.2 Å². The highest BCUT2D eigenvalue weighted by Crippen LogP contribution is 2.28. The molecule has 0 unspecified atom stereocenters. The summed E-state index contributed by atoms with van der Waals surface area (Å²) in [7, 11) is 0. The molecule has 0 atom stereocenters. The van der Waals surface area contributed by atoms with Crippen molar-refractivity contribution >= 4 is 11.6 Å². The Morgan fingerprint density at radius 3 is 2.53 bits per heavy atom. The fraction of sp³-hybridized carbons (Fsp3) is 0.600. The summed E-state index contributed by atoms with van der Waals surface area (Å²) in [5, 5.41) is 4.01. The second-order valence-electron chi connectivity index (χ2n) is 5.03. The largest absolute Gasteiger partial charge is 0.489 e. The molecule has 0 aromatic heterocycles. The van der Waals surface area contributed by atoms with Gasteiger partial charge in [0, 0.05) is 18.2 Å². The van der Waals surface area contributed by atoms with Crippen LogP contribution in [-0.2, 0) is 11.3 Å². The van der Waals surface area contributed by atoms with Gasteiger partial charge >= 0.3 is 0 Å². The third-order valence-corrected chi connectivity index (χ3v) is 2.83. The van der Waals surface area contributed by atoms with Crippen LogP contribution in [0.2, 0.25) is 5.02 Å². The first-order valence-corrected chi connectivity index (χ1v) is 7.13. The lowest BCUT2D eigenvalue weighted by molar-refractivity contribution is 0.0550. The topological polar surface area (TPSA) is 30.5 Å². The van der Waals surface area contributed by atoms with E-state index in [4.69, 9.17) is 21.1 Å². The van der Waals surface area contributed by atoms with Gasteiger partial charge in [0.05, 0.1) is 17.7 Å². The van der Waals surface area contributed by atoms with Crippen molar-refractivity contribution in [3.8, 4) is 5.75 Å². The van der Waals surface area contributed by atoms with Crippen LogP contribution in [0.25, 0.3) is 0 Å². The van der Waals surface area contributed by atoms with Crippen molar-refractivity contribution in [2.75, 3.05) is 13.2 Å². The number of rotatable bonds is 8. The number of ether oxygens (including phenoxy) is 2. The molecule has 3 nitrogen and oxygen atoms in total. The molecule has 0 aliphatic heterocycles. The van der Waals surface area contributed by atoms with Gasteiger partial charge in [0.1, 0.15) is 12.4 Å². The first-order chi connectivity index (χ1) is 9.00. The smallest absolute Gasteiger partial charge is 0.142 e. The maximum absolute atomic E-state index is 6.19. The highest BCUT2D eigenvalue weighted by molar-refractivity contribution is 6.32. The van der Waals surface area contributed by atoms with Crippen LogP contribution in [0.1, 0.15) is 33.3 Å². The highest BCUT2D eigenvalue weighted by Gasteiger charge is 2.09. The number of nitrogens with one attached hydrogen (secondary N) is 1. The van der Waals surface area contributed by atoms with Crippen LogP contribution >= 0.6 is 11.6 Å². The Labute approximate surface area is 121 Å². The van der Waals surface area contributed by atoms with Crippen molar-refractivity contribution in [1.82, 2.24) is 5.32 Å². The predicted octanol–water partition coefficient (Wildman–Crippen LogP) is 3.64. The van der Waals surface area contributed by atoms with E-state index in [1.54, 1.807) is 0 Å². The third-order valence-electron chi connectivity index (χ3n) is 2.53. The summed E-state index contributed by atoms with van der Waals surface area (Å²) in [5.41, 5.74) is 1.07. The lowest BCUT2D eigenvalue weighted by Gasteiger charge is -2.15. The highest BCUT2D eigenvalue weighted by atomic mass is 35.5. The zero-order valence-electron chi connectivity index (χ0n) is 12.2. The summed E-state index contributed by atoms with van der Waals surface area (Å²) in [6, 6.07) is 6.24. The van der Waals surface area contributed by atoms with Crippen LogP contribution in [0, 0.1) is 0 Å². The summed E-state index contributed by atoms with van der Waals surface area (Å²) in [6.07, 6.45) is 0.219. The monoisotopic (exact) mass is 285 g/mol. The molecular formula is C15H24ClNO2. The third kappa shape index (κ3) is 6.28. The van der Waals surface area contributed by atoms with Crippen molar-refractivity contribution in [1.29, 1.82) is 0 Å². The standard InChI is InChI=1S/C15H24ClNO2/c1-11(2)17-10-13-6-5-7-14(16)15(13)19-9-8-18-12(3)4/h5-7,11-12,17H,8-10H2,1-4H3. The first-order valence-electron chi connectivity index (χ1n) is 6.76. The van der Waals surface area contributed by atoms with E-state index < -0.39 is 0 Å². The summed E-state index contributed by atoms with van der Waals surface area (Å²) in [4.78, 5) is 0. The molecule has 1 N–H and O–H groups in total. The van der Waals surface area contributed by atoms with Crippen LogP contribution in [0.15, 0.2) is 18.2 Å². The Hall–Kier alpha value is -0.770. The molecule has 19 heavy (non-hydrogen) atoms. The number of hydrogen-bond donors (Lipinski definition) is 1. The molecule has 0 amide bonds. The quantitative estimate of drug-likeness (QED) is 0.740. The second kappa shape index (κ2) is 8.41. The van der Waals surface area contributed by atoms with E-state index in [0.29, 0.717) is 24.3 Å². The van der Waals surface area contributed by atoms with Gasteiger partial charge in [-0.3, -0.25) is 0 Å². The van der Waals surface area contributed by atoms with E-state index in [0.717, 1.165) is 17.9 Å². The molecule has 1 aromatic rings. The van der Waals surface area contributed by atoms with Gasteiger partial charge in [-0.1, -0.05) is 37.6 Å². The van der Waals surface area contributed by atoms with Gasteiger partial charge in [-0.15, -0.1) is 0 Å². The lowest BCUT2D eigenvalue weighted by atomic mass is 10.2. The molecule has 0 fully saturated rings. The average Bonchev–Trinajstić information content (AvgIpc) is 2.33. The van der Waals surface area contributed by atoms with Crippen LogP contribution in [0.4, 0.5) is 0 Å². The molecule has 1 rings (SSSR count). The fourth-order valence-corrected chi connectivity index (χ4v) is 1.84. The van der Waals surface area contributed by atoms with Gasteiger partial charge in [-0.2, -0.15) is 0 Å². The molecule has 0 saturated carbocycles. The number of halogens is 1. The molecule has 0 spiro atoms. The van der Waals surface area contributed by atoms with Crippen molar-refractivity contribution < 1.29 is 9.47 Å². The molecule has 4 heteroatoms. The van der Waals surface area contributed by atoms with Gasteiger partial charge in [-0.25, -0.2) is 0 Å². The lowest BCUT2D eigenvalue weighted by Crippen LogP contribution is -2.22.